The van der Waals surface area contributed by atoms with Gasteiger partial charge in [-0.25, -0.2) is 9.37 Å². The standard InChI is InChI=1S/C14H8BrF4N3O2/c15-7-4-3-6(14(17,18)19)10(16)9(7)13(24)22-8-2-1-5-21-11(8)12(20)23/h1-5H,(H2,20,23)(H,22,24). The van der Waals surface area contributed by atoms with Gasteiger partial charge in [0, 0.05) is 10.7 Å². The summed E-state index contributed by atoms with van der Waals surface area (Å²) in [5.74, 6) is -3.89. The lowest BCUT2D eigenvalue weighted by atomic mass is 10.1. The average Bonchev–Trinajstić information content (AvgIpc) is 2.46. The van der Waals surface area contributed by atoms with Crippen LogP contribution in [0.15, 0.2) is 34.9 Å². The highest BCUT2D eigenvalue weighted by molar-refractivity contribution is 9.10. The molecule has 0 saturated carbocycles. The van der Waals surface area contributed by atoms with Gasteiger partial charge >= 0.3 is 6.18 Å². The summed E-state index contributed by atoms with van der Waals surface area (Å²) >= 11 is 2.83. The van der Waals surface area contributed by atoms with Crippen LogP contribution in [-0.4, -0.2) is 16.8 Å². The zero-order chi connectivity index (χ0) is 18.1. The van der Waals surface area contributed by atoms with Gasteiger partial charge in [-0.05, 0) is 40.2 Å². The van der Waals surface area contributed by atoms with E-state index in [1.807, 2.05) is 0 Å². The molecule has 0 aliphatic rings. The molecule has 126 valence electrons. The number of carbonyl (C=O) groups is 2. The number of aromatic nitrogens is 1. The van der Waals surface area contributed by atoms with Gasteiger partial charge in [0.1, 0.15) is 5.82 Å². The molecule has 0 fully saturated rings. The third-order valence-electron chi connectivity index (χ3n) is 2.91. The van der Waals surface area contributed by atoms with Gasteiger partial charge in [-0.1, -0.05) is 0 Å². The first-order chi connectivity index (χ1) is 11.1. The summed E-state index contributed by atoms with van der Waals surface area (Å²) < 4.78 is 52.2. The van der Waals surface area contributed by atoms with Crippen LogP contribution >= 0.6 is 15.9 Å². The predicted octanol–water partition coefficient (Wildman–Crippen LogP) is 3.35. The van der Waals surface area contributed by atoms with Crippen LogP contribution in [0, 0.1) is 5.82 Å². The minimum atomic E-state index is -4.97. The van der Waals surface area contributed by atoms with Gasteiger partial charge in [-0.3, -0.25) is 9.59 Å². The molecule has 10 heteroatoms. The van der Waals surface area contributed by atoms with Gasteiger partial charge in [0.15, 0.2) is 5.69 Å². The third kappa shape index (κ3) is 3.53. The summed E-state index contributed by atoms with van der Waals surface area (Å²) in [6.07, 6.45) is -3.73. The number of benzene rings is 1. The van der Waals surface area contributed by atoms with E-state index in [0.29, 0.717) is 6.07 Å². The van der Waals surface area contributed by atoms with Crippen LogP contribution in [0.25, 0.3) is 0 Å². The zero-order valence-corrected chi connectivity index (χ0v) is 13.2. The van der Waals surface area contributed by atoms with Crippen LogP contribution in [0.5, 0.6) is 0 Å². The first-order valence-electron chi connectivity index (χ1n) is 6.24. The maximum absolute atomic E-state index is 14.1. The highest BCUT2D eigenvalue weighted by Gasteiger charge is 2.36. The second-order valence-electron chi connectivity index (χ2n) is 4.50. The van der Waals surface area contributed by atoms with Crippen LogP contribution < -0.4 is 11.1 Å². The normalized spacial score (nSPS) is 11.2. The van der Waals surface area contributed by atoms with Crippen LogP contribution in [-0.2, 0) is 6.18 Å². The van der Waals surface area contributed by atoms with Crippen molar-refractivity contribution in [3.05, 3.63) is 57.6 Å². The topological polar surface area (TPSA) is 85.1 Å². The Hall–Kier alpha value is -2.49. The summed E-state index contributed by atoms with van der Waals surface area (Å²) in [6.45, 7) is 0. The number of rotatable bonds is 3. The van der Waals surface area contributed by atoms with Gasteiger partial charge in [0.2, 0.25) is 0 Å². The van der Waals surface area contributed by atoms with Gasteiger partial charge in [0.05, 0.1) is 16.8 Å². The monoisotopic (exact) mass is 405 g/mol. The lowest BCUT2D eigenvalue weighted by molar-refractivity contribution is -0.140. The molecule has 3 N–H and O–H groups in total. The summed E-state index contributed by atoms with van der Waals surface area (Å²) in [6, 6.07) is 4.03. The summed E-state index contributed by atoms with van der Waals surface area (Å²) in [4.78, 5) is 27.1. The molecule has 0 atom stereocenters. The molecule has 1 aromatic heterocycles. The molecule has 2 amide bonds. The maximum atomic E-state index is 14.1. The number of anilines is 1. The third-order valence-corrected chi connectivity index (χ3v) is 3.57. The summed E-state index contributed by atoms with van der Waals surface area (Å²) in [7, 11) is 0. The fourth-order valence-electron chi connectivity index (χ4n) is 1.87. The Labute approximate surface area is 141 Å². The Kier molecular flexibility index (Phi) is 4.88. The Morgan fingerprint density at radius 2 is 1.88 bits per heavy atom. The van der Waals surface area contributed by atoms with E-state index in [2.05, 4.69) is 26.2 Å². The number of hydrogen-bond donors (Lipinski definition) is 2. The summed E-state index contributed by atoms with van der Waals surface area (Å²) in [5, 5.41) is 2.13. The quantitative estimate of drug-likeness (QED) is 0.767. The minimum absolute atomic E-state index is 0.154. The highest BCUT2D eigenvalue weighted by atomic mass is 79.9. The first kappa shape index (κ1) is 17.9. The number of primary amides is 1. The second-order valence-corrected chi connectivity index (χ2v) is 5.35. The molecule has 2 rings (SSSR count). The van der Waals surface area contributed by atoms with Crippen molar-refractivity contribution in [1.82, 2.24) is 4.98 Å². The zero-order valence-electron chi connectivity index (χ0n) is 11.6. The van der Waals surface area contributed by atoms with Gasteiger partial charge in [-0.2, -0.15) is 13.2 Å². The fourth-order valence-corrected chi connectivity index (χ4v) is 2.35. The molecular formula is C14H8BrF4N3O2. The predicted molar refractivity (Wildman–Crippen MR) is 79.8 cm³/mol. The van der Waals surface area contributed by atoms with E-state index in [1.54, 1.807) is 0 Å². The van der Waals surface area contributed by atoms with Gasteiger partial charge in [0.25, 0.3) is 11.8 Å². The van der Waals surface area contributed by atoms with E-state index in [0.717, 1.165) is 6.07 Å². The minimum Gasteiger partial charge on any atom is -0.364 e. The number of nitrogens with zero attached hydrogens (tertiary/aromatic N) is 1. The smallest absolute Gasteiger partial charge is 0.364 e. The molecule has 0 unspecified atom stereocenters. The van der Waals surface area contributed by atoms with Crippen molar-refractivity contribution >= 4 is 33.4 Å². The molecule has 0 spiro atoms. The van der Waals surface area contributed by atoms with E-state index in [-0.39, 0.29) is 15.9 Å². The largest absolute Gasteiger partial charge is 0.419 e. The van der Waals surface area contributed by atoms with Crippen molar-refractivity contribution < 1.29 is 27.2 Å². The molecule has 0 aliphatic carbocycles. The molecule has 0 radical (unpaired) electrons. The molecule has 2 aromatic rings. The lowest BCUT2D eigenvalue weighted by Crippen LogP contribution is -2.21. The second kappa shape index (κ2) is 6.56. The number of nitrogens with one attached hydrogen (secondary N) is 1. The SMILES string of the molecule is NC(=O)c1ncccc1NC(=O)c1c(Br)ccc(C(F)(F)F)c1F. The number of alkyl halides is 3. The Balaban J connectivity index is 2.47. The number of nitrogens with two attached hydrogens (primary N) is 1. The van der Waals surface area contributed by atoms with Crippen molar-refractivity contribution in [2.45, 2.75) is 6.18 Å². The molecule has 0 bridgehead atoms. The number of amides is 2. The summed E-state index contributed by atoms with van der Waals surface area (Å²) in [5.41, 5.74) is 2.18. The molecule has 1 aromatic carbocycles. The van der Waals surface area contributed by atoms with E-state index in [4.69, 9.17) is 5.73 Å². The highest BCUT2D eigenvalue weighted by Crippen LogP contribution is 2.35. The fraction of sp³-hybridized carbons (Fsp3) is 0.0714. The molecular weight excluding hydrogens is 398 g/mol. The van der Waals surface area contributed by atoms with E-state index < -0.39 is 34.9 Å². The van der Waals surface area contributed by atoms with E-state index in [9.17, 15) is 27.2 Å². The maximum Gasteiger partial charge on any atom is 0.419 e. The van der Waals surface area contributed by atoms with Crippen molar-refractivity contribution in [3.63, 3.8) is 0 Å². The van der Waals surface area contributed by atoms with Crippen LogP contribution in [0.4, 0.5) is 23.2 Å². The van der Waals surface area contributed by atoms with Gasteiger partial charge < -0.3 is 11.1 Å². The van der Waals surface area contributed by atoms with Crippen LogP contribution in [0.3, 0.4) is 0 Å². The van der Waals surface area contributed by atoms with Crippen molar-refractivity contribution in [2.75, 3.05) is 5.32 Å². The molecule has 1 heterocycles. The molecule has 24 heavy (non-hydrogen) atoms. The van der Waals surface area contributed by atoms with Crippen molar-refractivity contribution in [1.29, 1.82) is 0 Å². The van der Waals surface area contributed by atoms with Crippen molar-refractivity contribution in [3.8, 4) is 0 Å². The van der Waals surface area contributed by atoms with Crippen LogP contribution in [0.2, 0.25) is 0 Å². The molecule has 0 aliphatic heterocycles. The number of halogens is 5. The lowest BCUT2D eigenvalue weighted by Gasteiger charge is -2.13. The van der Waals surface area contributed by atoms with Crippen LogP contribution in [0.1, 0.15) is 26.4 Å². The Morgan fingerprint density at radius 1 is 1.21 bits per heavy atom. The first-order valence-corrected chi connectivity index (χ1v) is 7.03. The van der Waals surface area contributed by atoms with E-state index in [1.165, 1.54) is 18.3 Å². The Morgan fingerprint density at radius 3 is 2.46 bits per heavy atom. The number of pyridine rings is 1. The Bertz CT molecular complexity index is 824. The average molecular weight is 406 g/mol. The van der Waals surface area contributed by atoms with Gasteiger partial charge in [-0.15, -0.1) is 0 Å². The molecule has 5 nitrogen and oxygen atoms in total. The van der Waals surface area contributed by atoms with Crippen molar-refractivity contribution in [2.24, 2.45) is 5.73 Å². The number of hydrogen-bond acceptors (Lipinski definition) is 3. The molecule has 0 saturated heterocycles. The number of carbonyl (C=O) groups excluding carboxylic acids is 2. The van der Waals surface area contributed by atoms with E-state index >= 15 is 0 Å².